The van der Waals surface area contributed by atoms with Gasteiger partial charge < -0.3 is 9.47 Å². The molecule has 2 aromatic heterocycles. The summed E-state index contributed by atoms with van der Waals surface area (Å²) in [7, 11) is 0. The van der Waals surface area contributed by atoms with E-state index in [1.165, 1.54) is 11.3 Å². The zero-order valence-electron chi connectivity index (χ0n) is 19.0. The van der Waals surface area contributed by atoms with Crippen molar-refractivity contribution in [3.8, 4) is 5.75 Å². The summed E-state index contributed by atoms with van der Waals surface area (Å²) in [5.41, 5.74) is 1.46. The highest BCUT2D eigenvalue weighted by Gasteiger charge is 2.25. The predicted octanol–water partition coefficient (Wildman–Crippen LogP) is 3.84. The minimum Gasteiger partial charge on any atom is -0.494 e. The van der Waals surface area contributed by atoms with Crippen molar-refractivity contribution in [2.24, 2.45) is 0 Å². The van der Waals surface area contributed by atoms with Crippen molar-refractivity contribution in [3.05, 3.63) is 36.2 Å². The maximum Gasteiger partial charge on any atom is 0.278 e. The summed E-state index contributed by atoms with van der Waals surface area (Å²) in [4.78, 5) is 22.6. The Morgan fingerprint density at radius 2 is 2.09 bits per heavy atom. The van der Waals surface area contributed by atoms with Gasteiger partial charge in [0.2, 0.25) is 0 Å². The number of fused-ring (bicyclic) bond motifs is 1. The highest BCUT2D eigenvalue weighted by molar-refractivity contribution is 7.22. The van der Waals surface area contributed by atoms with Crippen LogP contribution in [0.3, 0.4) is 0 Å². The van der Waals surface area contributed by atoms with E-state index in [0.717, 1.165) is 55.2 Å². The van der Waals surface area contributed by atoms with Crippen molar-refractivity contribution in [1.82, 2.24) is 19.7 Å². The Balaban J connectivity index is 1.59. The van der Waals surface area contributed by atoms with E-state index in [2.05, 4.69) is 10.00 Å². The molecule has 1 fully saturated rings. The van der Waals surface area contributed by atoms with Crippen molar-refractivity contribution in [2.75, 3.05) is 50.9 Å². The standard InChI is InChI=1S/C23H31N5O3S/c1-4-31-18-6-7-19-21(16-18)32-23(25-19)27(11-5-10-26-12-14-30-15-13-26)22(29)20-8-9-24-28(20)17(2)3/h6-9,16-17H,4-5,10-15H2,1-3H3. The molecule has 1 aliphatic rings. The van der Waals surface area contributed by atoms with E-state index in [0.29, 0.717) is 24.0 Å². The summed E-state index contributed by atoms with van der Waals surface area (Å²) in [5, 5.41) is 5.06. The fourth-order valence-corrected chi connectivity index (χ4v) is 4.88. The van der Waals surface area contributed by atoms with Crippen LogP contribution in [-0.4, -0.2) is 71.6 Å². The van der Waals surface area contributed by atoms with Gasteiger partial charge in [-0.3, -0.25) is 19.3 Å². The molecule has 172 valence electrons. The van der Waals surface area contributed by atoms with Crippen molar-refractivity contribution < 1.29 is 14.3 Å². The molecule has 4 rings (SSSR count). The summed E-state index contributed by atoms with van der Waals surface area (Å²) >= 11 is 1.52. The van der Waals surface area contributed by atoms with Crippen LogP contribution in [0.1, 0.15) is 43.7 Å². The molecule has 3 heterocycles. The third kappa shape index (κ3) is 5.11. The first-order chi connectivity index (χ1) is 15.6. The molecule has 0 N–H and O–H groups in total. The molecule has 1 aromatic carbocycles. The summed E-state index contributed by atoms with van der Waals surface area (Å²) in [5.74, 6) is 0.751. The van der Waals surface area contributed by atoms with Crippen molar-refractivity contribution in [3.63, 3.8) is 0 Å². The van der Waals surface area contributed by atoms with Gasteiger partial charge in [-0.05, 0) is 51.5 Å². The number of nitrogens with zero attached hydrogens (tertiary/aromatic N) is 5. The number of hydrogen-bond donors (Lipinski definition) is 0. The Morgan fingerprint density at radius 3 is 2.84 bits per heavy atom. The monoisotopic (exact) mass is 457 g/mol. The Hall–Kier alpha value is -2.49. The smallest absolute Gasteiger partial charge is 0.278 e. The van der Waals surface area contributed by atoms with Gasteiger partial charge in [-0.1, -0.05) is 11.3 Å². The second-order valence-corrected chi connectivity index (χ2v) is 9.09. The number of ether oxygens (including phenoxy) is 2. The summed E-state index contributed by atoms with van der Waals surface area (Å²) in [6.45, 7) is 11.6. The average molecular weight is 458 g/mol. The number of carbonyl (C=O) groups is 1. The van der Waals surface area contributed by atoms with Gasteiger partial charge in [0.25, 0.3) is 5.91 Å². The van der Waals surface area contributed by atoms with E-state index < -0.39 is 0 Å². The fraction of sp³-hybridized carbons (Fsp3) is 0.522. The lowest BCUT2D eigenvalue weighted by molar-refractivity contribution is 0.0376. The molecule has 9 heteroatoms. The maximum absolute atomic E-state index is 13.6. The highest BCUT2D eigenvalue weighted by Crippen LogP contribution is 2.32. The fourth-order valence-electron chi connectivity index (χ4n) is 3.86. The van der Waals surface area contributed by atoms with Gasteiger partial charge in [0.1, 0.15) is 11.4 Å². The number of rotatable bonds is 9. The Bertz CT molecular complexity index is 1040. The summed E-state index contributed by atoms with van der Waals surface area (Å²) < 4.78 is 13.9. The Morgan fingerprint density at radius 1 is 1.28 bits per heavy atom. The normalized spacial score (nSPS) is 14.9. The lowest BCUT2D eigenvalue weighted by atomic mass is 10.3. The first kappa shape index (κ1) is 22.7. The number of anilines is 1. The molecule has 1 amide bonds. The first-order valence-corrected chi connectivity index (χ1v) is 12.1. The van der Waals surface area contributed by atoms with Crippen molar-refractivity contribution in [1.29, 1.82) is 0 Å². The summed E-state index contributed by atoms with van der Waals surface area (Å²) in [6.07, 6.45) is 2.55. The molecule has 1 aliphatic heterocycles. The maximum atomic E-state index is 13.6. The molecule has 3 aromatic rings. The number of carbonyl (C=O) groups excluding carboxylic acids is 1. The molecule has 0 bridgehead atoms. The van der Waals surface area contributed by atoms with E-state index in [9.17, 15) is 4.79 Å². The van der Waals surface area contributed by atoms with E-state index in [4.69, 9.17) is 14.5 Å². The largest absolute Gasteiger partial charge is 0.494 e. The molecule has 0 spiro atoms. The molecule has 0 atom stereocenters. The van der Waals surface area contributed by atoms with Gasteiger partial charge in [-0.25, -0.2) is 4.98 Å². The molecule has 8 nitrogen and oxygen atoms in total. The zero-order chi connectivity index (χ0) is 22.5. The molecular formula is C23H31N5O3S. The van der Waals surface area contributed by atoms with Crippen LogP contribution in [0.15, 0.2) is 30.5 Å². The van der Waals surface area contributed by atoms with E-state index in [1.807, 2.05) is 39.0 Å². The quantitative estimate of drug-likeness (QED) is 0.486. The van der Waals surface area contributed by atoms with Crippen LogP contribution in [0.2, 0.25) is 0 Å². The minimum absolute atomic E-state index is 0.0673. The van der Waals surface area contributed by atoms with E-state index in [-0.39, 0.29) is 11.9 Å². The zero-order valence-corrected chi connectivity index (χ0v) is 19.8. The lowest BCUT2D eigenvalue weighted by Crippen LogP contribution is -2.39. The average Bonchev–Trinajstić information content (AvgIpc) is 3.44. The second-order valence-electron chi connectivity index (χ2n) is 8.08. The third-order valence-corrected chi connectivity index (χ3v) is 6.52. The number of amides is 1. The molecule has 0 radical (unpaired) electrons. The molecule has 32 heavy (non-hydrogen) atoms. The Labute approximate surface area is 192 Å². The van der Waals surface area contributed by atoms with Gasteiger partial charge >= 0.3 is 0 Å². The predicted molar refractivity (Wildman–Crippen MR) is 127 cm³/mol. The van der Waals surface area contributed by atoms with Crippen molar-refractivity contribution in [2.45, 2.75) is 33.2 Å². The van der Waals surface area contributed by atoms with Crippen LogP contribution in [0.5, 0.6) is 5.75 Å². The van der Waals surface area contributed by atoms with Gasteiger partial charge in [0, 0.05) is 38.4 Å². The summed E-state index contributed by atoms with van der Waals surface area (Å²) in [6, 6.07) is 7.76. The van der Waals surface area contributed by atoms with E-state index in [1.54, 1.807) is 21.8 Å². The lowest BCUT2D eigenvalue weighted by Gasteiger charge is -2.28. The number of hydrogen-bond acceptors (Lipinski definition) is 7. The second kappa shape index (κ2) is 10.4. The first-order valence-electron chi connectivity index (χ1n) is 11.3. The highest BCUT2D eigenvalue weighted by atomic mass is 32.1. The number of morpholine rings is 1. The topological polar surface area (TPSA) is 72.7 Å². The SMILES string of the molecule is CCOc1ccc2nc(N(CCCN3CCOCC3)C(=O)c3ccnn3C(C)C)sc2c1. The van der Waals surface area contributed by atoms with Crippen LogP contribution in [0.4, 0.5) is 5.13 Å². The van der Waals surface area contributed by atoms with Gasteiger partial charge in [-0.15, -0.1) is 0 Å². The number of benzene rings is 1. The van der Waals surface area contributed by atoms with Crippen LogP contribution in [0.25, 0.3) is 10.2 Å². The van der Waals surface area contributed by atoms with Crippen LogP contribution in [0, 0.1) is 0 Å². The van der Waals surface area contributed by atoms with Crippen LogP contribution in [-0.2, 0) is 4.74 Å². The number of thiazole rings is 1. The molecule has 0 saturated carbocycles. The third-order valence-electron chi connectivity index (χ3n) is 5.47. The van der Waals surface area contributed by atoms with E-state index >= 15 is 0 Å². The molecule has 1 saturated heterocycles. The van der Waals surface area contributed by atoms with Crippen molar-refractivity contribution >= 4 is 32.6 Å². The van der Waals surface area contributed by atoms with Gasteiger partial charge in [0.15, 0.2) is 5.13 Å². The molecule has 0 unspecified atom stereocenters. The van der Waals surface area contributed by atoms with Crippen LogP contribution >= 0.6 is 11.3 Å². The van der Waals surface area contributed by atoms with Crippen LogP contribution < -0.4 is 9.64 Å². The van der Waals surface area contributed by atoms with Gasteiger partial charge in [0.05, 0.1) is 30.0 Å². The Kier molecular flexibility index (Phi) is 7.39. The molecular weight excluding hydrogens is 426 g/mol. The van der Waals surface area contributed by atoms with Gasteiger partial charge in [-0.2, -0.15) is 5.10 Å². The number of aromatic nitrogens is 3. The minimum atomic E-state index is -0.0673. The molecule has 0 aliphatic carbocycles.